The van der Waals surface area contributed by atoms with Gasteiger partial charge >= 0.3 is 0 Å². The minimum Gasteiger partial charge on any atom is -0.382 e. The molecule has 2 aromatic heterocycles. The Bertz CT molecular complexity index is 1260. The molecule has 0 aromatic carbocycles. The molecule has 184 valence electrons. The van der Waals surface area contributed by atoms with Gasteiger partial charge in [-0.3, -0.25) is 4.79 Å². The average molecular weight is 510 g/mol. The Hall–Kier alpha value is -2.01. The van der Waals surface area contributed by atoms with Crippen LogP contribution in [0.5, 0.6) is 0 Å². The number of anilines is 1. The molecule has 1 saturated carbocycles. The number of nitrogens with one attached hydrogen (secondary N) is 1. The van der Waals surface area contributed by atoms with E-state index >= 15 is 0 Å². The zero-order valence-electron chi connectivity index (χ0n) is 20.8. The molecule has 0 unspecified atom stereocenters. The Balaban J connectivity index is 1.25. The number of pyridine rings is 1. The number of hydrogen-bond acceptors (Lipinski definition) is 7. The molecule has 0 spiro atoms. The van der Waals surface area contributed by atoms with E-state index in [0.717, 1.165) is 24.8 Å². The first-order chi connectivity index (χ1) is 17.2. The van der Waals surface area contributed by atoms with Gasteiger partial charge in [-0.25, -0.2) is 18.1 Å². The van der Waals surface area contributed by atoms with Crippen LogP contribution in [0.15, 0.2) is 34.3 Å². The first-order valence-corrected chi connectivity index (χ1v) is 13.6. The summed E-state index contributed by atoms with van der Waals surface area (Å²) in [6, 6.07) is 3.10. The fourth-order valence-corrected chi connectivity index (χ4v) is 6.05. The monoisotopic (exact) mass is 509 g/mol. The normalized spacial score (nSPS) is 23.9. The molecule has 3 fully saturated rings. The van der Waals surface area contributed by atoms with Crippen molar-refractivity contribution in [1.29, 1.82) is 0 Å². The Kier molecular flexibility index (Phi) is 6.21. The van der Waals surface area contributed by atoms with Crippen LogP contribution in [0.1, 0.15) is 58.8 Å². The highest BCUT2D eigenvalue weighted by molar-refractivity contribution is 7.89. The number of halogens is 1. The first kappa shape index (κ1) is 21.3. The van der Waals surface area contributed by atoms with Gasteiger partial charge in [-0.2, -0.15) is 9.40 Å². The minimum atomic E-state index is -3.72. The van der Waals surface area contributed by atoms with Crippen molar-refractivity contribution in [3.8, 4) is 0 Å². The summed E-state index contributed by atoms with van der Waals surface area (Å²) in [5.41, 5.74) is 0.679. The van der Waals surface area contributed by atoms with E-state index in [1.807, 2.05) is 6.07 Å². The second-order valence-electron chi connectivity index (χ2n) is 9.14. The molecular formula is C23H30ClN5O4S. The van der Waals surface area contributed by atoms with E-state index in [1.54, 1.807) is 12.3 Å². The fourth-order valence-electron chi connectivity index (χ4n) is 4.49. The fraction of sp³-hybridized carbons (Fsp3) is 0.609. The van der Waals surface area contributed by atoms with Gasteiger partial charge in [0.05, 0.1) is 24.5 Å². The van der Waals surface area contributed by atoms with E-state index in [2.05, 4.69) is 15.4 Å². The zero-order valence-corrected chi connectivity index (χ0v) is 20.4. The Labute approximate surface area is 207 Å². The molecule has 0 bridgehead atoms. The number of nitrogens with zero attached hydrogens (tertiary/aromatic N) is 4. The molecule has 34 heavy (non-hydrogen) atoms. The van der Waals surface area contributed by atoms with Crippen molar-refractivity contribution >= 4 is 27.3 Å². The van der Waals surface area contributed by atoms with Crippen LogP contribution in [0.4, 0.5) is 5.69 Å². The van der Waals surface area contributed by atoms with E-state index in [1.165, 1.54) is 15.2 Å². The summed E-state index contributed by atoms with van der Waals surface area (Å²) in [6.45, 7) is -0.433. The molecule has 1 atom stereocenters. The van der Waals surface area contributed by atoms with Crippen molar-refractivity contribution in [2.45, 2.75) is 55.5 Å². The summed E-state index contributed by atoms with van der Waals surface area (Å²) in [5, 5.41) is 6.89. The Morgan fingerprint density at radius 2 is 1.97 bits per heavy atom. The molecule has 9 nitrogen and oxygen atoms in total. The summed E-state index contributed by atoms with van der Waals surface area (Å²) < 4.78 is 50.9. The number of aromatic nitrogens is 3. The smallest absolute Gasteiger partial charge is 0.287 e. The van der Waals surface area contributed by atoms with Crippen LogP contribution in [-0.4, -0.2) is 60.3 Å². The van der Waals surface area contributed by atoms with E-state index in [4.69, 9.17) is 19.1 Å². The zero-order chi connectivity index (χ0) is 25.5. The predicted octanol–water partition coefficient (Wildman–Crippen LogP) is 3.03. The number of ether oxygens (including phenoxy) is 1. The van der Waals surface area contributed by atoms with E-state index < -0.39 is 22.1 Å². The highest BCUT2D eigenvalue weighted by atomic mass is 35.5. The largest absolute Gasteiger partial charge is 0.382 e. The molecule has 2 aromatic rings. The van der Waals surface area contributed by atoms with Gasteiger partial charge in [0, 0.05) is 35.1 Å². The van der Waals surface area contributed by atoms with Gasteiger partial charge in [0.1, 0.15) is 5.02 Å². The topological polar surface area (TPSA) is 106 Å². The number of rotatable bonds is 7. The summed E-state index contributed by atoms with van der Waals surface area (Å²) in [7, 11) is -3.72. The molecule has 2 aliphatic heterocycles. The summed E-state index contributed by atoms with van der Waals surface area (Å²) in [6.07, 6.45) is 7.50. The third kappa shape index (κ3) is 5.00. The highest BCUT2D eigenvalue weighted by Crippen LogP contribution is 2.39. The lowest BCUT2D eigenvalue weighted by Crippen LogP contribution is -2.41. The Morgan fingerprint density at radius 1 is 1.18 bits per heavy atom. The third-order valence-electron chi connectivity index (χ3n) is 6.70. The lowest BCUT2D eigenvalue weighted by molar-refractivity contribution is 0.0595. The van der Waals surface area contributed by atoms with Crippen molar-refractivity contribution < 1.29 is 15.9 Å². The van der Waals surface area contributed by atoms with E-state index in [9.17, 15) is 13.2 Å². The Morgan fingerprint density at radius 3 is 2.62 bits per heavy atom. The first-order valence-electron chi connectivity index (χ1n) is 12.8. The second-order valence-corrected chi connectivity index (χ2v) is 11.4. The maximum Gasteiger partial charge on any atom is 0.287 e. The number of piperidine rings is 1. The number of hydrogen-bond donors (Lipinski definition) is 1. The van der Waals surface area contributed by atoms with Crippen LogP contribution in [0.3, 0.4) is 0 Å². The maximum absolute atomic E-state index is 13.1. The van der Waals surface area contributed by atoms with Crippen LogP contribution in [0.25, 0.3) is 0 Å². The second kappa shape index (κ2) is 9.93. The average Bonchev–Trinajstić information content (AvgIpc) is 3.73. The standard InChI is InChI=1S/C23H30ClN5O4S/c24-22-20(25-12-16-2-1-11-33-15-16)14-27-29(23(22)30)19-7-9-28(10-8-19)34(31,32)21-6-5-18(13-26-21)17-3-4-17/h5-6,13-14,16-17,19,25H,1-4,7-12,15H2/t16-/m1/s1/i12D2. The van der Waals surface area contributed by atoms with Gasteiger partial charge < -0.3 is 10.1 Å². The predicted molar refractivity (Wildman–Crippen MR) is 129 cm³/mol. The molecule has 4 heterocycles. The van der Waals surface area contributed by atoms with Gasteiger partial charge in [-0.05, 0) is 62.0 Å². The van der Waals surface area contributed by atoms with Crippen molar-refractivity contribution in [1.82, 2.24) is 19.1 Å². The third-order valence-corrected chi connectivity index (χ3v) is 8.88. The lowest BCUT2D eigenvalue weighted by Gasteiger charge is -2.31. The molecule has 0 radical (unpaired) electrons. The van der Waals surface area contributed by atoms with Gasteiger partial charge in [0.25, 0.3) is 15.6 Å². The molecule has 5 rings (SSSR count). The molecule has 1 N–H and O–H groups in total. The van der Waals surface area contributed by atoms with Crippen molar-refractivity contribution in [3.05, 3.63) is 45.5 Å². The quantitative estimate of drug-likeness (QED) is 0.611. The summed E-state index contributed by atoms with van der Waals surface area (Å²) in [5.74, 6) is 0.138. The van der Waals surface area contributed by atoms with Crippen LogP contribution in [0.2, 0.25) is 5.02 Å². The molecule has 2 saturated heterocycles. The molecule has 3 aliphatic rings. The van der Waals surface area contributed by atoms with Gasteiger partial charge in [0.2, 0.25) is 0 Å². The van der Waals surface area contributed by atoms with Gasteiger partial charge in [0.15, 0.2) is 5.03 Å². The van der Waals surface area contributed by atoms with Gasteiger partial charge in [-0.1, -0.05) is 17.7 Å². The maximum atomic E-state index is 13.1. The van der Waals surface area contributed by atoms with E-state index in [-0.39, 0.29) is 40.8 Å². The molecular weight excluding hydrogens is 478 g/mol. The van der Waals surface area contributed by atoms with Crippen LogP contribution in [-0.2, 0) is 14.8 Å². The SMILES string of the molecule is [2H]C([2H])(Nc1cnn(C2CCN(S(=O)(=O)c3ccc(C4CC4)cn3)CC2)c(=O)c1Cl)[C@H]1CCCOC1. The van der Waals surface area contributed by atoms with Crippen molar-refractivity contribution in [2.75, 3.05) is 38.1 Å². The van der Waals surface area contributed by atoms with Crippen LogP contribution < -0.4 is 10.9 Å². The number of sulfonamides is 1. The minimum absolute atomic E-state index is 0.0387. The molecule has 0 amide bonds. The summed E-state index contributed by atoms with van der Waals surface area (Å²) in [4.78, 5) is 17.2. The molecule has 11 heteroatoms. The van der Waals surface area contributed by atoms with Crippen molar-refractivity contribution in [2.24, 2.45) is 5.92 Å². The van der Waals surface area contributed by atoms with Gasteiger partial charge in [-0.15, -0.1) is 0 Å². The van der Waals surface area contributed by atoms with Crippen LogP contribution in [0, 0.1) is 5.92 Å². The highest BCUT2D eigenvalue weighted by Gasteiger charge is 2.32. The van der Waals surface area contributed by atoms with Crippen molar-refractivity contribution in [3.63, 3.8) is 0 Å². The van der Waals surface area contributed by atoms with Crippen LogP contribution >= 0.6 is 11.6 Å². The molecule has 1 aliphatic carbocycles. The summed E-state index contributed by atoms with van der Waals surface area (Å²) >= 11 is 6.33. The lowest BCUT2D eigenvalue weighted by atomic mass is 10.0. The van der Waals surface area contributed by atoms with E-state index in [0.29, 0.717) is 38.4 Å².